The zero-order chi connectivity index (χ0) is 11.5. The van der Waals surface area contributed by atoms with Crippen LogP contribution >= 0.6 is 11.3 Å². The Balaban J connectivity index is 2.61. The highest BCUT2D eigenvalue weighted by atomic mass is 32.1. The molecular formula is C11H18N2OS. The molecule has 1 heterocycles. The molecule has 0 saturated heterocycles. The summed E-state index contributed by atoms with van der Waals surface area (Å²) >= 11 is 1.66. The van der Waals surface area contributed by atoms with Crippen LogP contribution in [0.25, 0.3) is 0 Å². The maximum atomic E-state index is 12.0. The maximum absolute atomic E-state index is 12.0. The fourth-order valence-electron chi connectivity index (χ4n) is 1.31. The van der Waals surface area contributed by atoms with Gasteiger partial charge in [0, 0.05) is 18.5 Å². The molecule has 4 heteroatoms. The molecular weight excluding hydrogens is 208 g/mol. The Bertz CT molecular complexity index is 319. The van der Waals surface area contributed by atoms with Crippen LogP contribution in [0.5, 0.6) is 0 Å². The van der Waals surface area contributed by atoms with E-state index >= 15 is 0 Å². The van der Waals surface area contributed by atoms with Gasteiger partial charge in [0.1, 0.15) is 0 Å². The minimum atomic E-state index is -0.466. The number of amides is 1. The third kappa shape index (κ3) is 3.04. The highest BCUT2D eigenvalue weighted by molar-refractivity contribution is 7.09. The normalized spacial score (nSPS) is 11.5. The van der Waals surface area contributed by atoms with Crippen molar-refractivity contribution in [3.05, 3.63) is 22.4 Å². The summed E-state index contributed by atoms with van der Waals surface area (Å²) in [6, 6.07) is 4.02. The summed E-state index contributed by atoms with van der Waals surface area (Å²) in [5.41, 5.74) is 5.11. The number of thiophene rings is 1. The minimum Gasteiger partial charge on any atom is -0.340 e. The number of carbonyl (C=O) groups excluding carboxylic acids is 1. The van der Waals surface area contributed by atoms with Crippen LogP contribution in [0.3, 0.4) is 0 Å². The monoisotopic (exact) mass is 226 g/mol. The Morgan fingerprint density at radius 1 is 1.60 bits per heavy atom. The van der Waals surface area contributed by atoms with Gasteiger partial charge in [0.25, 0.3) is 0 Å². The predicted octanol–water partition coefficient (Wildman–Crippen LogP) is 1.69. The number of nitrogens with two attached hydrogens (primary N) is 1. The fourth-order valence-corrected chi connectivity index (χ4v) is 2.07. The summed E-state index contributed by atoms with van der Waals surface area (Å²) in [4.78, 5) is 14.9. The zero-order valence-corrected chi connectivity index (χ0v) is 10.3. The number of nitrogens with zero attached hydrogens (tertiary/aromatic N) is 1. The van der Waals surface area contributed by atoms with E-state index in [2.05, 4.69) is 0 Å². The largest absolute Gasteiger partial charge is 0.340 e. The molecule has 0 spiro atoms. The van der Waals surface area contributed by atoms with Gasteiger partial charge in [-0.2, -0.15) is 0 Å². The molecule has 84 valence electrons. The van der Waals surface area contributed by atoms with Crippen LogP contribution < -0.4 is 5.73 Å². The van der Waals surface area contributed by atoms with E-state index in [1.165, 1.54) is 4.88 Å². The average Bonchev–Trinajstić information content (AvgIpc) is 2.69. The van der Waals surface area contributed by atoms with Crippen molar-refractivity contribution in [3.63, 3.8) is 0 Å². The molecule has 0 fully saturated rings. The van der Waals surface area contributed by atoms with Crippen molar-refractivity contribution in [2.45, 2.75) is 20.4 Å². The Morgan fingerprint density at radius 2 is 2.27 bits per heavy atom. The van der Waals surface area contributed by atoms with Crippen LogP contribution in [0.1, 0.15) is 18.7 Å². The first-order valence-corrected chi connectivity index (χ1v) is 5.83. The first kappa shape index (κ1) is 12.2. The van der Waals surface area contributed by atoms with Crippen LogP contribution in [0.2, 0.25) is 0 Å². The Morgan fingerprint density at radius 3 is 2.73 bits per heavy atom. The van der Waals surface area contributed by atoms with Gasteiger partial charge in [-0.3, -0.25) is 4.79 Å². The molecule has 0 saturated carbocycles. The quantitative estimate of drug-likeness (QED) is 0.849. The first-order chi connectivity index (χ1) is 6.97. The lowest BCUT2D eigenvalue weighted by Crippen LogP contribution is -2.42. The SMILES string of the molecule is CN(Cc1cccs1)C(=O)C(C)(C)CN. The smallest absolute Gasteiger partial charge is 0.229 e. The molecule has 0 aliphatic rings. The molecule has 15 heavy (non-hydrogen) atoms. The second-order valence-corrected chi connectivity index (χ2v) is 5.36. The van der Waals surface area contributed by atoms with Gasteiger partial charge in [0.15, 0.2) is 0 Å². The van der Waals surface area contributed by atoms with E-state index < -0.39 is 5.41 Å². The minimum absolute atomic E-state index is 0.0957. The van der Waals surface area contributed by atoms with Gasteiger partial charge >= 0.3 is 0 Å². The van der Waals surface area contributed by atoms with E-state index in [-0.39, 0.29) is 5.91 Å². The third-order valence-corrected chi connectivity index (χ3v) is 3.27. The Kier molecular flexibility index (Phi) is 3.88. The standard InChI is InChI=1S/C11H18N2OS/c1-11(2,8-12)10(14)13(3)7-9-5-4-6-15-9/h4-6H,7-8,12H2,1-3H3. The van der Waals surface area contributed by atoms with Gasteiger partial charge in [-0.15, -0.1) is 11.3 Å². The van der Waals surface area contributed by atoms with Gasteiger partial charge in [-0.1, -0.05) is 6.07 Å². The van der Waals surface area contributed by atoms with Gasteiger partial charge in [0.2, 0.25) is 5.91 Å². The summed E-state index contributed by atoms with van der Waals surface area (Å²) < 4.78 is 0. The van der Waals surface area contributed by atoms with Crippen molar-refractivity contribution in [3.8, 4) is 0 Å². The molecule has 0 aromatic carbocycles. The molecule has 1 aromatic heterocycles. The van der Waals surface area contributed by atoms with Crippen molar-refractivity contribution in [1.29, 1.82) is 0 Å². The van der Waals surface area contributed by atoms with Crippen molar-refractivity contribution < 1.29 is 4.79 Å². The molecule has 2 N–H and O–H groups in total. The lowest BCUT2D eigenvalue weighted by atomic mass is 9.92. The Hall–Kier alpha value is -0.870. The lowest BCUT2D eigenvalue weighted by molar-refractivity contribution is -0.138. The highest BCUT2D eigenvalue weighted by Gasteiger charge is 2.28. The molecule has 1 amide bonds. The predicted molar refractivity (Wildman–Crippen MR) is 63.6 cm³/mol. The fraction of sp³-hybridized carbons (Fsp3) is 0.545. The van der Waals surface area contributed by atoms with E-state index in [0.29, 0.717) is 13.1 Å². The van der Waals surface area contributed by atoms with Gasteiger partial charge in [-0.25, -0.2) is 0 Å². The first-order valence-electron chi connectivity index (χ1n) is 4.95. The second kappa shape index (κ2) is 4.77. The molecule has 3 nitrogen and oxygen atoms in total. The zero-order valence-electron chi connectivity index (χ0n) is 9.49. The molecule has 0 radical (unpaired) electrons. The van der Waals surface area contributed by atoms with Crippen LogP contribution in [0.4, 0.5) is 0 Å². The van der Waals surface area contributed by atoms with Crippen molar-refractivity contribution in [2.75, 3.05) is 13.6 Å². The summed E-state index contributed by atoms with van der Waals surface area (Å²) in [6.45, 7) is 4.79. The van der Waals surface area contributed by atoms with Crippen molar-refractivity contribution in [2.24, 2.45) is 11.1 Å². The number of carbonyl (C=O) groups is 1. The molecule has 1 aromatic rings. The maximum Gasteiger partial charge on any atom is 0.229 e. The molecule has 0 aliphatic carbocycles. The summed E-state index contributed by atoms with van der Waals surface area (Å²) in [5.74, 6) is 0.0957. The number of hydrogen-bond acceptors (Lipinski definition) is 3. The molecule has 0 atom stereocenters. The summed E-state index contributed by atoms with van der Waals surface area (Å²) in [6.07, 6.45) is 0. The summed E-state index contributed by atoms with van der Waals surface area (Å²) in [5, 5.41) is 2.02. The van der Waals surface area contributed by atoms with Crippen LogP contribution in [0.15, 0.2) is 17.5 Å². The van der Waals surface area contributed by atoms with Gasteiger partial charge in [0.05, 0.1) is 12.0 Å². The van der Waals surface area contributed by atoms with Crippen LogP contribution in [-0.4, -0.2) is 24.4 Å². The molecule has 0 bridgehead atoms. The third-order valence-electron chi connectivity index (χ3n) is 2.41. The molecule has 0 unspecified atom stereocenters. The van der Waals surface area contributed by atoms with E-state index in [0.717, 1.165) is 0 Å². The number of hydrogen-bond donors (Lipinski definition) is 1. The van der Waals surface area contributed by atoms with Crippen molar-refractivity contribution in [1.82, 2.24) is 4.90 Å². The van der Waals surface area contributed by atoms with E-state index in [4.69, 9.17) is 5.73 Å². The highest BCUT2D eigenvalue weighted by Crippen LogP contribution is 2.19. The molecule has 0 aliphatic heterocycles. The van der Waals surface area contributed by atoms with Gasteiger partial charge < -0.3 is 10.6 Å². The average molecular weight is 226 g/mol. The van der Waals surface area contributed by atoms with E-state index in [1.807, 2.05) is 38.4 Å². The van der Waals surface area contributed by atoms with E-state index in [1.54, 1.807) is 16.2 Å². The Labute approximate surface area is 94.9 Å². The topological polar surface area (TPSA) is 46.3 Å². The lowest BCUT2D eigenvalue weighted by Gasteiger charge is -2.27. The van der Waals surface area contributed by atoms with Crippen LogP contribution in [0, 0.1) is 5.41 Å². The van der Waals surface area contributed by atoms with Gasteiger partial charge in [-0.05, 0) is 25.3 Å². The number of rotatable bonds is 4. The molecule has 1 rings (SSSR count). The second-order valence-electron chi connectivity index (χ2n) is 4.33. The summed E-state index contributed by atoms with van der Waals surface area (Å²) in [7, 11) is 1.82. The van der Waals surface area contributed by atoms with E-state index in [9.17, 15) is 4.79 Å². The van der Waals surface area contributed by atoms with Crippen molar-refractivity contribution >= 4 is 17.2 Å². The van der Waals surface area contributed by atoms with Crippen LogP contribution in [-0.2, 0) is 11.3 Å².